The number of H-pyrrole nitrogens is 1. The van der Waals surface area contributed by atoms with Crippen LogP contribution in [-0.2, 0) is 6.42 Å². The molecule has 3 rings (SSSR count). The van der Waals surface area contributed by atoms with Gasteiger partial charge in [0.15, 0.2) is 5.16 Å². The van der Waals surface area contributed by atoms with Gasteiger partial charge in [-0.25, -0.2) is 4.98 Å². The van der Waals surface area contributed by atoms with Crippen molar-refractivity contribution in [2.45, 2.75) is 29.4 Å². The zero-order valence-electron chi connectivity index (χ0n) is 11.6. The van der Waals surface area contributed by atoms with E-state index >= 15 is 0 Å². The van der Waals surface area contributed by atoms with Crippen molar-refractivity contribution in [3.63, 3.8) is 0 Å². The summed E-state index contributed by atoms with van der Waals surface area (Å²) in [6, 6.07) is 14.0. The maximum absolute atomic E-state index is 6.09. The largest absolute Gasteiger partial charge is 0.333 e. The molecular formula is C16H16ClN3S. The molecule has 3 aromatic rings. The molecule has 1 heterocycles. The standard InChI is InChI=1S/C16H16ClN3S/c1-10(18)8-11-9-12(17)6-7-15(11)21-16-19-13-4-2-3-5-14(13)20-16/h2-7,9-10H,8,18H2,1H3,(H,19,20). The topological polar surface area (TPSA) is 54.7 Å². The summed E-state index contributed by atoms with van der Waals surface area (Å²) in [5.41, 5.74) is 9.10. The molecule has 5 heteroatoms. The van der Waals surface area contributed by atoms with Gasteiger partial charge in [-0.15, -0.1) is 0 Å². The first-order valence-electron chi connectivity index (χ1n) is 6.78. The monoisotopic (exact) mass is 317 g/mol. The number of imidazole rings is 1. The summed E-state index contributed by atoms with van der Waals surface area (Å²) in [6.45, 7) is 2.00. The third-order valence-corrected chi connectivity index (χ3v) is 4.38. The van der Waals surface area contributed by atoms with Gasteiger partial charge in [0.05, 0.1) is 11.0 Å². The van der Waals surface area contributed by atoms with Crippen LogP contribution in [0, 0.1) is 0 Å². The van der Waals surface area contributed by atoms with Crippen LogP contribution in [-0.4, -0.2) is 16.0 Å². The number of halogens is 1. The Hall–Kier alpha value is -1.49. The predicted octanol–water partition coefficient (Wildman–Crippen LogP) is 4.26. The zero-order valence-corrected chi connectivity index (χ0v) is 13.2. The minimum Gasteiger partial charge on any atom is -0.333 e. The third-order valence-electron chi connectivity index (χ3n) is 3.14. The Balaban J connectivity index is 1.93. The molecule has 1 unspecified atom stereocenters. The molecule has 1 atom stereocenters. The van der Waals surface area contributed by atoms with E-state index in [0.29, 0.717) is 0 Å². The summed E-state index contributed by atoms with van der Waals surface area (Å²) in [5, 5.41) is 1.61. The van der Waals surface area contributed by atoms with E-state index in [0.717, 1.165) is 38.1 Å². The number of hydrogen-bond donors (Lipinski definition) is 2. The van der Waals surface area contributed by atoms with E-state index in [1.165, 1.54) is 0 Å². The molecule has 2 aromatic carbocycles. The van der Waals surface area contributed by atoms with Gasteiger partial charge >= 0.3 is 0 Å². The normalized spacial score (nSPS) is 12.7. The van der Waals surface area contributed by atoms with E-state index < -0.39 is 0 Å². The number of aromatic nitrogens is 2. The molecule has 108 valence electrons. The summed E-state index contributed by atoms with van der Waals surface area (Å²) >= 11 is 7.70. The van der Waals surface area contributed by atoms with Crippen molar-refractivity contribution < 1.29 is 0 Å². The lowest BCUT2D eigenvalue weighted by Gasteiger charge is -2.10. The minimum atomic E-state index is 0.0958. The SMILES string of the molecule is CC(N)Cc1cc(Cl)ccc1Sc1nc2ccccc2[nH]1. The number of rotatable bonds is 4. The van der Waals surface area contributed by atoms with Crippen LogP contribution >= 0.6 is 23.4 Å². The van der Waals surface area contributed by atoms with E-state index in [1.807, 2.05) is 49.4 Å². The van der Waals surface area contributed by atoms with Crippen molar-refractivity contribution in [1.82, 2.24) is 9.97 Å². The minimum absolute atomic E-state index is 0.0958. The van der Waals surface area contributed by atoms with E-state index in [4.69, 9.17) is 17.3 Å². The molecule has 21 heavy (non-hydrogen) atoms. The smallest absolute Gasteiger partial charge is 0.171 e. The van der Waals surface area contributed by atoms with Crippen LogP contribution in [0.2, 0.25) is 5.02 Å². The van der Waals surface area contributed by atoms with Gasteiger partial charge in [-0.3, -0.25) is 0 Å². The summed E-state index contributed by atoms with van der Waals surface area (Å²) in [7, 11) is 0. The molecular weight excluding hydrogens is 302 g/mol. The van der Waals surface area contributed by atoms with Gasteiger partial charge in [-0.1, -0.05) is 35.5 Å². The number of benzene rings is 2. The van der Waals surface area contributed by atoms with Crippen molar-refractivity contribution in [3.8, 4) is 0 Å². The number of nitrogens with zero attached hydrogens (tertiary/aromatic N) is 1. The maximum atomic E-state index is 6.09. The van der Waals surface area contributed by atoms with Crippen molar-refractivity contribution >= 4 is 34.4 Å². The molecule has 0 aliphatic carbocycles. The molecule has 0 aliphatic rings. The van der Waals surface area contributed by atoms with Gasteiger partial charge in [0.1, 0.15) is 0 Å². The van der Waals surface area contributed by atoms with Crippen LogP contribution in [0.15, 0.2) is 52.5 Å². The summed E-state index contributed by atoms with van der Waals surface area (Å²) in [6.07, 6.45) is 0.795. The maximum Gasteiger partial charge on any atom is 0.171 e. The summed E-state index contributed by atoms with van der Waals surface area (Å²) in [5.74, 6) is 0. The van der Waals surface area contributed by atoms with Crippen LogP contribution in [0.3, 0.4) is 0 Å². The molecule has 0 bridgehead atoms. The second-order valence-electron chi connectivity index (χ2n) is 5.09. The van der Waals surface area contributed by atoms with Crippen LogP contribution in [0.4, 0.5) is 0 Å². The van der Waals surface area contributed by atoms with Gasteiger partial charge in [-0.2, -0.15) is 0 Å². The van der Waals surface area contributed by atoms with Crippen molar-refractivity contribution in [2.24, 2.45) is 5.73 Å². The zero-order chi connectivity index (χ0) is 14.8. The highest BCUT2D eigenvalue weighted by molar-refractivity contribution is 7.99. The first kappa shape index (κ1) is 14.4. The highest BCUT2D eigenvalue weighted by Gasteiger charge is 2.10. The number of nitrogens with one attached hydrogen (secondary N) is 1. The third kappa shape index (κ3) is 3.40. The van der Waals surface area contributed by atoms with E-state index in [-0.39, 0.29) is 6.04 Å². The number of para-hydroxylation sites is 2. The van der Waals surface area contributed by atoms with Crippen LogP contribution in [0.25, 0.3) is 11.0 Å². The van der Waals surface area contributed by atoms with Crippen molar-refractivity contribution in [2.75, 3.05) is 0 Å². The average Bonchev–Trinajstić information content (AvgIpc) is 2.83. The molecule has 0 saturated carbocycles. The van der Waals surface area contributed by atoms with Gasteiger partial charge in [0.2, 0.25) is 0 Å². The number of nitrogens with two attached hydrogens (primary N) is 1. The summed E-state index contributed by atoms with van der Waals surface area (Å²) < 4.78 is 0. The number of fused-ring (bicyclic) bond motifs is 1. The molecule has 3 nitrogen and oxygen atoms in total. The lowest BCUT2D eigenvalue weighted by molar-refractivity contribution is 0.729. The van der Waals surface area contributed by atoms with E-state index in [1.54, 1.807) is 11.8 Å². The fourth-order valence-corrected chi connectivity index (χ4v) is 3.35. The van der Waals surface area contributed by atoms with Gasteiger partial charge in [0.25, 0.3) is 0 Å². The molecule has 0 aliphatic heterocycles. The van der Waals surface area contributed by atoms with Crippen molar-refractivity contribution in [1.29, 1.82) is 0 Å². The van der Waals surface area contributed by atoms with E-state index in [2.05, 4.69) is 9.97 Å². The predicted molar refractivity (Wildman–Crippen MR) is 89.0 cm³/mol. The highest BCUT2D eigenvalue weighted by atomic mass is 35.5. The van der Waals surface area contributed by atoms with Crippen LogP contribution in [0.5, 0.6) is 0 Å². The Morgan fingerprint density at radius 3 is 2.86 bits per heavy atom. The molecule has 0 amide bonds. The average molecular weight is 318 g/mol. The van der Waals surface area contributed by atoms with E-state index in [9.17, 15) is 0 Å². The Morgan fingerprint density at radius 2 is 2.10 bits per heavy atom. The first-order valence-corrected chi connectivity index (χ1v) is 7.98. The lowest BCUT2D eigenvalue weighted by atomic mass is 10.1. The van der Waals surface area contributed by atoms with Gasteiger partial charge in [0, 0.05) is 16.0 Å². The highest BCUT2D eigenvalue weighted by Crippen LogP contribution is 2.32. The molecule has 3 N–H and O–H groups in total. The molecule has 0 spiro atoms. The lowest BCUT2D eigenvalue weighted by Crippen LogP contribution is -2.18. The Labute approximate surface area is 132 Å². The summed E-state index contributed by atoms with van der Waals surface area (Å²) in [4.78, 5) is 9.06. The van der Waals surface area contributed by atoms with Crippen LogP contribution < -0.4 is 5.73 Å². The second-order valence-corrected chi connectivity index (χ2v) is 6.56. The molecule has 0 radical (unpaired) electrons. The van der Waals surface area contributed by atoms with Gasteiger partial charge < -0.3 is 10.7 Å². The fourth-order valence-electron chi connectivity index (χ4n) is 2.24. The first-order chi connectivity index (χ1) is 10.1. The Bertz CT molecular complexity index is 734. The Kier molecular flexibility index (Phi) is 4.19. The number of hydrogen-bond acceptors (Lipinski definition) is 3. The van der Waals surface area contributed by atoms with Gasteiger partial charge in [-0.05, 0) is 49.2 Å². The van der Waals surface area contributed by atoms with Crippen molar-refractivity contribution in [3.05, 3.63) is 53.1 Å². The van der Waals surface area contributed by atoms with Crippen LogP contribution in [0.1, 0.15) is 12.5 Å². The molecule has 1 aromatic heterocycles. The fraction of sp³-hybridized carbons (Fsp3) is 0.188. The molecule has 0 saturated heterocycles. The molecule has 0 fully saturated rings. The second kappa shape index (κ2) is 6.10. The quantitative estimate of drug-likeness (QED) is 0.756. The number of aromatic amines is 1. The Morgan fingerprint density at radius 1 is 1.29 bits per heavy atom.